The van der Waals surface area contributed by atoms with E-state index in [-0.39, 0.29) is 19.1 Å². The van der Waals surface area contributed by atoms with Gasteiger partial charge in [-0.15, -0.1) is 11.3 Å². The van der Waals surface area contributed by atoms with Gasteiger partial charge in [0.2, 0.25) is 0 Å². The summed E-state index contributed by atoms with van der Waals surface area (Å²) >= 11 is 7.42. The van der Waals surface area contributed by atoms with Crippen LogP contribution in [-0.4, -0.2) is 43.0 Å². The Bertz CT molecular complexity index is 1300. The molecular formula is C26H32ClNO5S2. The number of carbonyl (C=O) groups is 1. The molecule has 3 rings (SSSR count). The molecular weight excluding hydrogens is 506 g/mol. The maximum Gasteiger partial charge on any atom is 0.303 e. The third kappa shape index (κ3) is 6.55. The van der Waals surface area contributed by atoms with Crippen molar-refractivity contribution in [2.75, 3.05) is 13.1 Å². The Balaban J connectivity index is 1.83. The Morgan fingerprint density at radius 3 is 2.54 bits per heavy atom. The quantitative estimate of drug-likeness (QED) is 0.287. The van der Waals surface area contributed by atoms with Crippen molar-refractivity contribution in [3.63, 3.8) is 0 Å². The van der Waals surface area contributed by atoms with E-state index in [0.717, 1.165) is 26.8 Å². The standard InChI is InChI=1S/C26H32ClNO5S2/c1-5-13-28(35(31,32)26-18(4)23-15-20(27)9-11-24(23)34-26)16-21(6-2)33-22-10-7-19(17(3)14-22)8-12-25(29)30/h7,9-11,14-15,21H,5-6,8,12-13,16H2,1-4H3,(H,29,30). The van der Waals surface area contributed by atoms with Gasteiger partial charge in [-0.3, -0.25) is 4.79 Å². The number of fused-ring (bicyclic) bond motifs is 1. The van der Waals surface area contributed by atoms with Crippen molar-refractivity contribution >= 4 is 49.0 Å². The summed E-state index contributed by atoms with van der Waals surface area (Å²) in [5.74, 6) is -0.181. The molecule has 3 aromatic rings. The molecule has 1 aromatic heterocycles. The van der Waals surface area contributed by atoms with Gasteiger partial charge in [-0.05, 0) is 85.5 Å². The summed E-state index contributed by atoms with van der Waals surface area (Å²) in [6.45, 7) is 8.32. The summed E-state index contributed by atoms with van der Waals surface area (Å²) in [7, 11) is -3.72. The maximum absolute atomic E-state index is 13.7. The molecule has 1 unspecified atom stereocenters. The van der Waals surface area contributed by atoms with Gasteiger partial charge in [-0.2, -0.15) is 4.31 Å². The Labute approximate surface area is 216 Å². The van der Waals surface area contributed by atoms with Crippen LogP contribution in [-0.2, 0) is 21.2 Å². The first-order valence-electron chi connectivity index (χ1n) is 11.7. The molecule has 35 heavy (non-hydrogen) atoms. The third-order valence-corrected chi connectivity index (χ3v) is 9.96. The van der Waals surface area contributed by atoms with Crippen LogP contribution in [0, 0.1) is 13.8 Å². The number of carboxylic acids is 1. The average molecular weight is 538 g/mol. The van der Waals surface area contributed by atoms with Crippen LogP contribution >= 0.6 is 22.9 Å². The van der Waals surface area contributed by atoms with E-state index in [0.29, 0.717) is 40.8 Å². The number of thiophene rings is 1. The van der Waals surface area contributed by atoms with E-state index < -0.39 is 16.0 Å². The van der Waals surface area contributed by atoms with Crippen LogP contribution < -0.4 is 4.74 Å². The zero-order chi connectivity index (χ0) is 25.8. The van der Waals surface area contributed by atoms with Crippen molar-refractivity contribution in [1.82, 2.24) is 4.31 Å². The number of aliphatic carboxylic acids is 1. The minimum atomic E-state index is -3.72. The highest BCUT2D eigenvalue weighted by Gasteiger charge is 2.30. The Hall–Kier alpha value is -2.13. The van der Waals surface area contributed by atoms with Crippen LogP contribution in [0.5, 0.6) is 5.75 Å². The summed E-state index contributed by atoms with van der Waals surface area (Å²) in [5.41, 5.74) is 2.63. The fourth-order valence-electron chi connectivity index (χ4n) is 4.03. The predicted molar refractivity (Wildman–Crippen MR) is 142 cm³/mol. The topological polar surface area (TPSA) is 83.9 Å². The van der Waals surface area contributed by atoms with E-state index in [1.54, 1.807) is 6.07 Å². The summed E-state index contributed by atoms with van der Waals surface area (Å²) in [6, 6.07) is 11.0. The Kier molecular flexibility index (Phi) is 9.21. The fourth-order valence-corrected chi connectivity index (χ4v) is 7.64. The number of hydrogen-bond acceptors (Lipinski definition) is 5. The minimum absolute atomic E-state index is 0.0752. The molecule has 0 amide bonds. The Morgan fingerprint density at radius 1 is 1.17 bits per heavy atom. The van der Waals surface area contributed by atoms with Gasteiger partial charge in [0.05, 0.1) is 6.54 Å². The SMILES string of the molecule is CCCN(CC(CC)Oc1ccc(CCC(=O)O)c(C)c1)S(=O)(=O)c1sc2ccc(Cl)cc2c1C. The van der Waals surface area contributed by atoms with Crippen LogP contribution in [0.4, 0.5) is 0 Å². The van der Waals surface area contributed by atoms with E-state index in [1.165, 1.54) is 15.6 Å². The van der Waals surface area contributed by atoms with Crippen LogP contribution in [0.25, 0.3) is 10.1 Å². The second kappa shape index (κ2) is 11.7. The smallest absolute Gasteiger partial charge is 0.303 e. The molecule has 2 aromatic carbocycles. The monoisotopic (exact) mass is 537 g/mol. The molecule has 0 aliphatic heterocycles. The van der Waals surface area contributed by atoms with Crippen LogP contribution in [0.2, 0.25) is 5.02 Å². The van der Waals surface area contributed by atoms with Crippen molar-refractivity contribution in [3.8, 4) is 5.75 Å². The third-order valence-electron chi connectivity index (χ3n) is 5.99. The van der Waals surface area contributed by atoms with Crippen LogP contribution in [0.15, 0.2) is 40.6 Å². The lowest BCUT2D eigenvalue weighted by Gasteiger charge is -2.27. The molecule has 9 heteroatoms. The van der Waals surface area contributed by atoms with E-state index in [4.69, 9.17) is 21.4 Å². The van der Waals surface area contributed by atoms with E-state index in [1.807, 2.05) is 58.0 Å². The van der Waals surface area contributed by atoms with Gasteiger partial charge in [0.25, 0.3) is 10.0 Å². The number of hydrogen-bond donors (Lipinski definition) is 1. The summed E-state index contributed by atoms with van der Waals surface area (Å²) in [5, 5.41) is 10.4. The van der Waals surface area contributed by atoms with Gasteiger partial charge in [0.1, 0.15) is 16.1 Å². The second-order valence-electron chi connectivity index (χ2n) is 8.65. The average Bonchev–Trinajstić information content (AvgIpc) is 3.14. The molecule has 190 valence electrons. The predicted octanol–water partition coefficient (Wildman–Crippen LogP) is 6.45. The number of sulfonamides is 1. The number of ether oxygens (including phenoxy) is 1. The maximum atomic E-state index is 13.7. The normalized spacial score (nSPS) is 12.9. The van der Waals surface area contributed by atoms with E-state index >= 15 is 0 Å². The highest BCUT2D eigenvalue weighted by atomic mass is 35.5. The van der Waals surface area contributed by atoms with Crippen molar-refractivity contribution in [2.24, 2.45) is 0 Å². The zero-order valence-corrected chi connectivity index (χ0v) is 22.9. The van der Waals surface area contributed by atoms with Gasteiger partial charge in [0, 0.05) is 22.7 Å². The lowest BCUT2D eigenvalue weighted by Crippen LogP contribution is -2.40. The number of carboxylic acid groups (broad SMARTS) is 1. The minimum Gasteiger partial charge on any atom is -0.489 e. The van der Waals surface area contributed by atoms with Gasteiger partial charge in [-0.1, -0.05) is 31.5 Å². The van der Waals surface area contributed by atoms with Crippen molar-refractivity contribution in [1.29, 1.82) is 0 Å². The Morgan fingerprint density at radius 2 is 1.91 bits per heavy atom. The van der Waals surface area contributed by atoms with Crippen LogP contribution in [0.1, 0.15) is 49.8 Å². The van der Waals surface area contributed by atoms with E-state index in [9.17, 15) is 13.2 Å². The summed E-state index contributed by atoms with van der Waals surface area (Å²) in [6.07, 6.45) is 1.52. The molecule has 0 spiro atoms. The number of nitrogens with zero attached hydrogens (tertiary/aromatic N) is 1. The van der Waals surface area contributed by atoms with Gasteiger partial charge < -0.3 is 9.84 Å². The molecule has 1 N–H and O–H groups in total. The van der Waals surface area contributed by atoms with Crippen molar-refractivity contribution in [2.45, 2.75) is 63.7 Å². The number of benzene rings is 2. The number of rotatable bonds is 12. The molecule has 0 aliphatic rings. The molecule has 0 radical (unpaired) electrons. The molecule has 1 heterocycles. The highest BCUT2D eigenvalue weighted by molar-refractivity contribution is 7.91. The van der Waals surface area contributed by atoms with E-state index in [2.05, 4.69) is 0 Å². The molecule has 0 fully saturated rings. The molecule has 0 bridgehead atoms. The molecule has 0 saturated heterocycles. The van der Waals surface area contributed by atoms with Crippen molar-refractivity contribution < 1.29 is 23.1 Å². The molecule has 0 aliphatic carbocycles. The first-order valence-corrected chi connectivity index (χ1v) is 14.4. The first-order chi connectivity index (χ1) is 16.6. The number of halogens is 1. The summed E-state index contributed by atoms with van der Waals surface area (Å²) in [4.78, 5) is 10.9. The van der Waals surface area contributed by atoms with Gasteiger partial charge in [0.15, 0.2) is 0 Å². The van der Waals surface area contributed by atoms with Crippen molar-refractivity contribution in [3.05, 3.63) is 58.1 Å². The fraction of sp³-hybridized carbons (Fsp3) is 0.423. The second-order valence-corrected chi connectivity index (χ2v) is 12.3. The largest absolute Gasteiger partial charge is 0.489 e. The lowest BCUT2D eigenvalue weighted by atomic mass is 10.0. The lowest BCUT2D eigenvalue weighted by molar-refractivity contribution is -0.136. The van der Waals surface area contributed by atoms with Gasteiger partial charge in [-0.25, -0.2) is 8.42 Å². The van der Waals surface area contributed by atoms with Crippen LogP contribution in [0.3, 0.4) is 0 Å². The summed E-state index contributed by atoms with van der Waals surface area (Å²) < 4.78 is 36.4. The van der Waals surface area contributed by atoms with Gasteiger partial charge >= 0.3 is 5.97 Å². The first kappa shape index (κ1) is 27.5. The molecule has 1 atom stereocenters. The molecule has 6 nitrogen and oxygen atoms in total. The molecule has 0 saturated carbocycles. The number of aryl methyl sites for hydroxylation is 3. The highest BCUT2D eigenvalue weighted by Crippen LogP contribution is 2.37. The zero-order valence-electron chi connectivity index (χ0n) is 20.5.